The third kappa shape index (κ3) is 2.96. The Morgan fingerprint density at radius 2 is 2.00 bits per heavy atom. The molecule has 1 rings (SSSR count). The highest BCUT2D eigenvalue weighted by atomic mass is 16.2. The van der Waals surface area contributed by atoms with E-state index in [1.54, 1.807) is 0 Å². The topological polar surface area (TPSA) is 20.3 Å². The Balaban J connectivity index is 2.69. The highest BCUT2D eigenvalue weighted by Gasteiger charge is 2.30. The molecule has 1 saturated heterocycles. The SMILES string of the molecule is CCC(C)C1CCCCN1C(=O)C(C)C. The molecule has 1 amide bonds. The van der Waals surface area contributed by atoms with Gasteiger partial charge in [-0.1, -0.05) is 34.1 Å². The zero-order valence-corrected chi connectivity index (χ0v) is 10.6. The van der Waals surface area contributed by atoms with Gasteiger partial charge in [0, 0.05) is 18.5 Å². The molecule has 0 aromatic heterocycles. The lowest BCUT2D eigenvalue weighted by Gasteiger charge is -2.40. The standard InChI is InChI=1S/C13H25NO/c1-5-11(4)12-8-6-7-9-14(12)13(15)10(2)3/h10-12H,5-9H2,1-4H3. The second kappa shape index (κ2) is 5.53. The lowest BCUT2D eigenvalue weighted by atomic mass is 9.89. The molecular weight excluding hydrogens is 186 g/mol. The maximum Gasteiger partial charge on any atom is 0.225 e. The van der Waals surface area contributed by atoms with Crippen molar-refractivity contribution in [2.24, 2.45) is 11.8 Å². The van der Waals surface area contributed by atoms with E-state index >= 15 is 0 Å². The van der Waals surface area contributed by atoms with Crippen LogP contribution in [0.25, 0.3) is 0 Å². The van der Waals surface area contributed by atoms with Crippen molar-refractivity contribution in [2.45, 2.75) is 59.4 Å². The first kappa shape index (κ1) is 12.5. The van der Waals surface area contributed by atoms with Crippen molar-refractivity contribution in [2.75, 3.05) is 6.54 Å². The highest BCUT2D eigenvalue weighted by molar-refractivity contribution is 5.78. The Bertz CT molecular complexity index is 213. The van der Waals surface area contributed by atoms with Gasteiger partial charge in [0.1, 0.15) is 0 Å². The van der Waals surface area contributed by atoms with Gasteiger partial charge in [-0.3, -0.25) is 4.79 Å². The molecular formula is C13H25NO. The van der Waals surface area contributed by atoms with Gasteiger partial charge in [0.2, 0.25) is 5.91 Å². The molecule has 0 saturated carbocycles. The molecule has 2 nitrogen and oxygen atoms in total. The normalized spacial score (nSPS) is 24.3. The molecule has 2 unspecified atom stereocenters. The lowest BCUT2D eigenvalue weighted by Crippen LogP contribution is -2.48. The molecule has 1 aliphatic rings. The average Bonchev–Trinajstić information content (AvgIpc) is 2.27. The monoisotopic (exact) mass is 211 g/mol. The van der Waals surface area contributed by atoms with Gasteiger partial charge in [-0.05, 0) is 25.2 Å². The lowest BCUT2D eigenvalue weighted by molar-refractivity contribution is -0.139. The van der Waals surface area contributed by atoms with E-state index in [4.69, 9.17) is 0 Å². The molecule has 0 aliphatic carbocycles. The van der Waals surface area contributed by atoms with Crippen LogP contribution in [0.15, 0.2) is 0 Å². The Morgan fingerprint density at radius 3 is 2.53 bits per heavy atom. The van der Waals surface area contributed by atoms with Crippen molar-refractivity contribution >= 4 is 5.91 Å². The van der Waals surface area contributed by atoms with Crippen LogP contribution in [0.3, 0.4) is 0 Å². The summed E-state index contributed by atoms with van der Waals surface area (Å²) in [7, 11) is 0. The number of amides is 1. The molecule has 0 radical (unpaired) electrons. The summed E-state index contributed by atoms with van der Waals surface area (Å²) in [6.07, 6.45) is 4.85. The van der Waals surface area contributed by atoms with Gasteiger partial charge in [0.15, 0.2) is 0 Å². The summed E-state index contributed by atoms with van der Waals surface area (Å²) in [6, 6.07) is 0.499. The summed E-state index contributed by atoms with van der Waals surface area (Å²) < 4.78 is 0. The third-order valence-electron chi connectivity index (χ3n) is 3.63. The quantitative estimate of drug-likeness (QED) is 0.702. The zero-order chi connectivity index (χ0) is 11.4. The minimum atomic E-state index is 0.148. The van der Waals surface area contributed by atoms with Crippen molar-refractivity contribution in [1.29, 1.82) is 0 Å². The van der Waals surface area contributed by atoms with Crippen molar-refractivity contribution in [1.82, 2.24) is 4.90 Å². The summed E-state index contributed by atoms with van der Waals surface area (Å²) in [6.45, 7) is 9.48. The molecule has 1 fully saturated rings. The molecule has 1 heterocycles. The summed E-state index contributed by atoms with van der Waals surface area (Å²) >= 11 is 0. The van der Waals surface area contributed by atoms with E-state index in [1.807, 2.05) is 13.8 Å². The van der Waals surface area contributed by atoms with Gasteiger partial charge in [0.05, 0.1) is 0 Å². The number of likely N-dealkylation sites (tertiary alicyclic amines) is 1. The summed E-state index contributed by atoms with van der Waals surface area (Å²) in [5.74, 6) is 1.14. The largest absolute Gasteiger partial charge is 0.339 e. The predicted octanol–water partition coefficient (Wildman–Crippen LogP) is 3.07. The van der Waals surface area contributed by atoms with Crippen LogP contribution >= 0.6 is 0 Å². The Labute approximate surface area is 94.0 Å². The number of hydrogen-bond acceptors (Lipinski definition) is 1. The van der Waals surface area contributed by atoms with Crippen LogP contribution in [0, 0.1) is 11.8 Å². The van der Waals surface area contributed by atoms with E-state index in [2.05, 4.69) is 18.7 Å². The Kier molecular flexibility index (Phi) is 4.62. The van der Waals surface area contributed by atoms with Gasteiger partial charge >= 0.3 is 0 Å². The van der Waals surface area contributed by atoms with E-state index in [-0.39, 0.29) is 5.92 Å². The zero-order valence-electron chi connectivity index (χ0n) is 10.6. The summed E-state index contributed by atoms with van der Waals surface area (Å²) in [4.78, 5) is 14.2. The molecule has 0 bridgehead atoms. The minimum Gasteiger partial charge on any atom is -0.339 e. The first-order valence-corrected chi connectivity index (χ1v) is 6.38. The molecule has 0 spiro atoms. The van der Waals surface area contributed by atoms with E-state index in [0.717, 1.165) is 6.54 Å². The molecule has 15 heavy (non-hydrogen) atoms. The van der Waals surface area contributed by atoms with Crippen LogP contribution in [0.2, 0.25) is 0 Å². The molecule has 0 aromatic carbocycles. The highest BCUT2D eigenvalue weighted by Crippen LogP contribution is 2.26. The van der Waals surface area contributed by atoms with Crippen molar-refractivity contribution in [3.05, 3.63) is 0 Å². The molecule has 88 valence electrons. The number of hydrogen-bond donors (Lipinski definition) is 0. The van der Waals surface area contributed by atoms with Gasteiger partial charge in [-0.2, -0.15) is 0 Å². The second-order valence-electron chi connectivity index (χ2n) is 5.13. The van der Waals surface area contributed by atoms with Crippen LogP contribution in [0.4, 0.5) is 0 Å². The predicted molar refractivity (Wildman–Crippen MR) is 63.6 cm³/mol. The first-order valence-electron chi connectivity index (χ1n) is 6.38. The van der Waals surface area contributed by atoms with Crippen LogP contribution in [-0.2, 0) is 4.79 Å². The maximum atomic E-state index is 12.1. The number of nitrogens with zero attached hydrogens (tertiary/aromatic N) is 1. The fraction of sp³-hybridized carbons (Fsp3) is 0.923. The van der Waals surface area contributed by atoms with Gasteiger partial charge in [0.25, 0.3) is 0 Å². The molecule has 0 N–H and O–H groups in total. The first-order chi connectivity index (χ1) is 7.07. The Morgan fingerprint density at radius 1 is 1.33 bits per heavy atom. The summed E-state index contributed by atoms with van der Waals surface area (Å²) in [5, 5.41) is 0. The fourth-order valence-electron chi connectivity index (χ4n) is 2.43. The van der Waals surface area contributed by atoms with Crippen LogP contribution in [-0.4, -0.2) is 23.4 Å². The van der Waals surface area contributed by atoms with Crippen molar-refractivity contribution < 1.29 is 4.79 Å². The minimum absolute atomic E-state index is 0.148. The number of carbonyl (C=O) groups is 1. The molecule has 2 heteroatoms. The van der Waals surface area contributed by atoms with E-state index in [0.29, 0.717) is 17.9 Å². The smallest absolute Gasteiger partial charge is 0.225 e. The summed E-state index contributed by atoms with van der Waals surface area (Å²) in [5.41, 5.74) is 0. The number of piperidine rings is 1. The number of carbonyl (C=O) groups excluding carboxylic acids is 1. The van der Waals surface area contributed by atoms with E-state index in [9.17, 15) is 4.79 Å². The molecule has 0 aromatic rings. The molecule has 1 aliphatic heterocycles. The fourth-order valence-corrected chi connectivity index (χ4v) is 2.43. The Hall–Kier alpha value is -0.530. The maximum absolute atomic E-state index is 12.1. The van der Waals surface area contributed by atoms with Crippen LogP contribution in [0.1, 0.15) is 53.4 Å². The van der Waals surface area contributed by atoms with E-state index < -0.39 is 0 Å². The van der Waals surface area contributed by atoms with Gasteiger partial charge in [-0.25, -0.2) is 0 Å². The van der Waals surface area contributed by atoms with E-state index in [1.165, 1.54) is 25.7 Å². The number of rotatable bonds is 3. The average molecular weight is 211 g/mol. The second-order valence-corrected chi connectivity index (χ2v) is 5.13. The van der Waals surface area contributed by atoms with Crippen molar-refractivity contribution in [3.8, 4) is 0 Å². The van der Waals surface area contributed by atoms with Crippen molar-refractivity contribution in [3.63, 3.8) is 0 Å². The van der Waals surface area contributed by atoms with Gasteiger partial charge < -0.3 is 4.90 Å². The molecule has 2 atom stereocenters. The van der Waals surface area contributed by atoms with Crippen LogP contribution in [0.5, 0.6) is 0 Å². The van der Waals surface area contributed by atoms with Gasteiger partial charge in [-0.15, -0.1) is 0 Å². The third-order valence-corrected chi connectivity index (χ3v) is 3.63. The van der Waals surface area contributed by atoms with Crippen LogP contribution < -0.4 is 0 Å².